The van der Waals surface area contributed by atoms with Gasteiger partial charge in [0.1, 0.15) is 5.75 Å². The standard InChI is InChI=1S/C18H23NO4/c20-17(10-13-3-6-16-15(9-13)7-8-23-16)19-11-12-1-4-14(5-2-12)18(21)22/h3,6,9,12,14H,1-2,4-5,7-8,10-11H2,(H,19,20)(H,21,22). The van der Waals surface area contributed by atoms with Gasteiger partial charge >= 0.3 is 5.97 Å². The van der Waals surface area contributed by atoms with E-state index in [9.17, 15) is 9.59 Å². The highest BCUT2D eigenvalue weighted by atomic mass is 16.5. The predicted molar refractivity (Wildman–Crippen MR) is 85.4 cm³/mol. The van der Waals surface area contributed by atoms with Crippen LogP contribution in [0.1, 0.15) is 36.8 Å². The first-order valence-corrected chi connectivity index (χ1v) is 8.36. The lowest BCUT2D eigenvalue weighted by molar-refractivity contribution is -0.143. The molecule has 1 fully saturated rings. The summed E-state index contributed by atoms with van der Waals surface area (Å²) < 4.78 is 5.47. The van der Waals surface area contributed by atoms with Crippen LogP contribution in [0.3, 0.4) is 0 Å². The van der Waals surface area contributed by atoms with Gasteiger partial charge in [-0.05, 0) is 48.8 Å². The maximum Gasteiger partial charge on any atom is 0.306 e. The molecule has 1 heterocycles. The number of carbonyl (C=O) groups is 2. The van der Waals surface area contributed by atoms with Gasteiger partial charge in [0, 0.05) is 13.0 Å². The Balaban J connectivity index is 1.43. The molecule has 5 nitrogen and oxygen atoms in total. The second-order valence-electron chi connectivity index (χ2n) is 6.58. The fourth-order valence-corrected chi connectivity index (χ4v) is 3.47. The number of amides is 1. The van der Waals surface area contributed by atoms with E-state index in [2.05, 4.69) is 11.4 Å². The van der Waals surface area contributed by atoms with Crippen molar-refractivity contribution in [2.75, 3.05) is 13.2 Å². The lowest BCUT2D eigenvalue weighted by atomic mass is 9.82. The van der Waals surface area contributed by atoms with E-state index in [-0.39, 0.29) is 11.8 Å². The summed E-state index contributed by atoms with van der Waals surface area (Å²) in [4.78, 5) is 23.0. The Morgan fingerprint density at radius 2 is 2.00 bits per heavy atom. The SMILES string of the molecule is O=C(Cc1ccc2c(c1)CCO2)NCC1CCC(C(=O)O)CC1. The molecule has 1 aliphatic heterocycles. The van der Waals surface area contributed by atoms with Crippen molar-refractivity contribution in [1.82, 2.24) is 5.32 Å². The molecule has 1 amide bonds. The van der Waals surface area contributed by atoms with E-state index in [1.807, 2.05) is 12.1 Å². The van der Waals surface area contributed by atoms with Crippen LogP contribution in [-0.4, -0.2) is 30.1 Å². The Hall–Kier alpha value is -2.04. The number of carboxylic acid groups (broad SMARTS) is 1. The maximum absolute atomic E-state index is 12.1. The normalized spacial score (nSPS) is 23.0. The molecule has 0 unspecified atom stereocenters. The summed E-state index contributed by atoms with van der Waals surface area (Å²) in [5.41, 5.74) is 2.20. The molecule has 124 valence electrons. The van der Waals surface area contributed by atoms with Crippen LogP contribution in [-0.2, 0) is 22.4 Å². The van der Waals surface area contributed by atoms with Crippen LogP contribution in [0.5, 0.6) is 5.75 Å². The molecule has 1 aromatic carbocycles. The monoisotopic (exact) mass is 317 g/mol. The Bertz CT molecular complexity index is 591. The van der Waals surface area contributed by atoms with Crippen LogP contribution in [0.2, 0.25) is 0 Å². The van der Waals surface area contributed by atoms with Crippen molar-refractivity contribution in [3.63, 3.8) is 0 Å². The summed E-state index contributed by atoms with van der Waals surface area (Å²) >= 11 is 0. The number of carbonyl (C=O) groups excluding carboxylic acids is 1. The summed E-state index contributed by atoms with van der Waals surface area (Å²) in [5, 5.41) is 12.0. The number of ether oxygens (including phenoxy) is 1. The summed E-state index contributed by atoms with van der Waals surface area (Å²) in [5.74, 6) is 0.486. The zero-order valence-electron chi connectivity index (χ0n) is 13.2. The minimum absolute atomic E-state index is 0.0317. The number of aliphatic carboxylic acids is 1. The first-order chi connectivity index (χ1) is 11.1. The molecule has 1 aliphatic carbocycles. The van der Waals surface area contributed by atoms with Crippen molar-refractivity contribution >= 4 is 11.9 Å². The Labute approximate surface area is 136 Å². The number of nitrogens with one attached hydrogen (secondary N) is 1. The molecule has 0 bridgehead atoms. The molecule has 1 aromatic rings. The highest BCUT2D eigenvalue weighted by Crippen LogP contribution is 2.28. The quantitative estimate of drug-likeness (QED) is 0.873. The van der Waals surface area contributed by atoms with Gasteiger partial charge in [-0.25, -0.2) is 0 Å². The Kier molecular flexibility index (Phi) is 4.84. The van der Waals surface area contributed by atoms with E-state index < -0.39 is 5.97 Å². The second-order valence-corrected chi connectivity index (χ2v) is 6.58. The summed E-state index contributed by atoms with van der Waals surface area (Å²) in [6, 6.07) is 5.94. The molecular formula is C18H23NO4. The summed E-state index contributed by atoms with van der Waals surface area (Å²) in [6.07, 6.45) is 4.51. The molecule has 3 rings (SSSR count). The minimum Gasteiger partial charge on any atom is -0.493 e. The van der Waals surface area contributed by atoms with Crippen molar-refractivity contribution in [2.45, 2.75) is 38.5 Å². The van der Waals surface area contributed by atoms with Gasteiger partial charge in [0.05, 0.1) is 18.9 Å². The lowest BCUT2D eigenvalue weighted by Gasteiger charge is -2.26. The van der Waals surface area contributed by atoms with Gasteiger partial charge in [-0.15, -0.1) is 0 Å². The summed E-state index contributed by atoms with van der Waals surface area (Å²) in [6.45, 7) is 1.38. The van der Waals surface area contributed by atoms with E-state index in [1.54, 1.807) is 0 Å². The molecule has 0 spiro atoms. The molecule has 2 N–H and O–H groups in total. The Morgan fingerprint density at radius 3 is 2.74 bits per heavy atom. The number of fused-ring (bicyclic) bond motifs is 1. The largest absolute Gasteiger partial charge is 0.493 e. The van der Waals surface area contributed by atoms with Crippen LogP contribution in [0, 0.1) is 11.8 Å². The maximum atomic E-state index is 12.1. The number of carboxylic acids is 1. The van der Waals surface area contributed by atoms with Crippen LogP contribution >= 0.6 is 0 Å². The van der Waals surface area contributed by atoms with Gasteiger partial charge in [-0.1, -0.05) is 12.1 Å². The van der Waals surface area contributed by atoms with Crippen LogP contribution in [0.15, 0.2) is 18.2 Å². The fraction of sp³-hybridized carbons (Fsp3) is 0.556. The van der Waals surface area contributed by atoms with Crippen molar-refractivity contribution in [3.05, 3.63) is 29.3 Å². The average molecular weight is 317 g/mol. The van der Waals surface area contributed by atoms with E-state index in [0.717, 1.165) is 50.0 Å². The first kappa shape index (κ1) is 15.8. The van der Waals surface area contributed by atoms with Crippen molar-refractivity contribution in [3.8, 4) is 5.75 Å². The molecule has 23 heavy (non-hydrogen) atoms. The van der Waals surface area contributed by atoms with Crippen LogP contribution < -0.4 is 10.1 Å². The third-order valence-electron chi connectivity index (χ3n) is 4.90. The summed E-state index contributed by atoms with van der Waals surface area (Å²) in [7, 11) is 0. The number of benzene rings is 1. The first-order valence-electron chi connectivity index (χ1n) is 8.36. The second kappa shape index (κ2) is 7.02. The van der Waals surface area contributed by atoms with Gasteiger partial charge < -0.3 is 15.2 Å². The highest BCUT2D eigenvalue weighted by Gasteiger charge is 2.26. The van der Waals surface area contributed by atoms with E-state index in [4.69, 9.17) is 9.84 Å². The molecule has 0 atom stereocenters. The number of rotatable bonds is 5. The molecule has 0 radical (unpaired) electrons. The van der Waals surface area contributed by atoms with Crippen molar-refractivity contribution < 1.29 is 19.4 Å². The van der Waals surface area contributed by atoms with E-state index in [1.165, 1.54) is 5.56 Å². The molecule has 5 heteroatoms. The molecule has 0 aromatic heterocycles. The Morgan fingerprint density at radius 1 is 1.22 bits per heavy atom. The van der Waals surface area contributed by atoms with Crippen molar-refractivity contribution in [1.29, 1.82) is 0 Å². The average Bonchev–Trinajstić information content (AvgIpc) is 3.01. The smallest absolute Gasteiger partial charge is 0.306 e. The van der Waals surface area contributed by atoms with Gasteiger partial charge in [-0.2, -0.15) is 0 Å². The molecule has 2 aliphatic rings. The number of hydrogen-bond donors (Lipinski definition) is 2. The predicted octanol–water partition coefficient (Wildman–Crippen LogP) is 2.17. The lowest BCUT2D eigenvalue weighted by Crippen LogP contribution is -2.33. The fourth-order valence-electron chi connectivity index (χ4n) is 3.47. The minimum atomic E-state index is -0.687. The highest BCUT2D eigenvalue weighted by molar-refractivity contribution is 5.78. The zero-order valence-corrected chi connectivity index (χ0v) is 13.2. The molecular weight excluding hydrogens is 294 g/mol. The van der Waals surface area contributed by atoms with Gasteiger partial charge in [0.15, 0.2) is 0 Å². The van der Waals surface area contributed by atoms with Crippen molar-refractivity contribution in [2.24, 2.45) is 11.8 Å². The van der Waals surface area contributed by atoms with Gasteiger partial charge in [-0.3, -0.25) is 9.59 Å². The zero-order chi connectivity index (χ0) is 16.2. The third-order valence-corrected chi connectivity index (χ3v) is 4.90. The third kappa shape index (κ3) is 4.03. The molecule has 1 saturated carbocycles. The van der Waals surface area contributed by atoms with Crippen LogP contribution in [0.4, 0.5) is 0 Å². The van der Waals surface area contributed by atoms with Gasteiger partial charge in [0.2, 0.25) is 5.91 Å². The van der Waals surface area contributed by atoms with Gasteiger partial charge in [0.25, 0.3) is 0 Å². The number of hydrogen-bond acceptors (Lipinski definition) is 3. The topological polar surface area (TPSA) is 75.6 Å². The van der Waals surface area contributed by atoms with E-state index >= 15 is 0 Å². The molecule has 0 saturated heterocycles. The van der Waals surface area contributed by atoms with E-state index in [0.29, 0.717) is 18.9 Å². The van der Waals surface area contributed by atoms with Crippen LogP contribution in [0.25, 0.3) is 0 Å².